The molecule has 0 bridgehead atoms. The van der Waals surface area contributed by atoms with Crippen LogP contribution in [-0.2, 0) is 4.79 Å². The molecule has 0 aromatic carbocycles. The van der Waals surface area contributed by atoms with E-state index < -0.39 is 0 Å². The first kappa shape index (κ1) is 10.2. The Morgan fingerprint density at radius 3 is 2.71 bits per heavy atom. The third-order valence-corrected chi connectivity index (χ3v) is 4.74. The Labute approximate surface area is 87.3 Å². The van der Waals surface area contributed by atoms with Crippen molar-refractivity contribution in [2.75, 3.05) is 0 Å². The maximum Gasteiger partial charge on any atom is 0.136 e. The molecule has 2 aliphatic carbocycles. The number of rotatable bonds is 1. The summed E-state index contributed by atoms with van der Waals surface area (Å²) in [6.45, 7) is 7.00. The molecule has 0 N–H and O–H groups in total. The lowest BCUT2D eigenvalue weighted by Crippen LogP contribution is -2.38. The zero-order valence-corrected chi connectivity index (χ0v) is 9.68. The van der Waals surface area contributed by atoms with Crippen molar-refractivity contribution in [3.8, 4) is 0 Å². The van der Waals surface area contributed by atoms with Crippen molar-refractivity contribution in [1.82, 2.24) is 0 Å². The summed E-state index contributed by atoms with van der Waals surface area (Å²) >= 11 is 0. The average molecular weight is 194 g/mol. The highest BCUT2D eigenvalue weighted by Crippen LogP contribution is 2.56. The maximum atomic E-state index is 11.8. The molecular formula is C13H22O. The quantitative estimate of drug-likeness (QED) is 0.625. The first-order chi connectivity index (χ1) is 6.55. The van der Waals surface area contributed by atoms with E-state index in [4.69, 9.17) is 0 Å². The first-order valence-corrected chi connectivity index (χ1v) is 6.08. The number of Topliss-reactive ketones (excluding diaryl/α,β-unsaturated/α-hetero) is 1. The van der Waals surface area contributed by atoms with Crippen LogP contribution in [0.15, 0.2) is 0 Å². The summed E-state index contributed by atoms with van der Waals surface area (Å²) < 4.78 is 0. The van der Waals surface area contributed by atoms with E-state index in [-0.39, 0.29) is 0 Å². The molecule has 14 heavy (non-hydrogen) atoms. The molecular weight excluding hydrogens is 172 g/mol. The van der Waals surface area contributed by atoms with E-state index in [1.807, 2.05) is 0 Å². The molecule has 1 heteroatoms. The van der Waals surface area contributed by atoms with Gasteiger partial charge in [0, 0.05) is 12.3 Å². The minimum atomic E-state index is 0.351. The van der Waals surface area contributed by atoms with E-state index >= 15 is 0 Å². The van der Waals surface area contributed by atoms with E-state index in [0.717, 1.165) is 31.1 Å². The molecule has 80 valence electrons. The molecule has 2 saturated carbocycles. The SMILES string of the molecule is CC(C)C1CC[C@H]2C(=O)CCC[C@]12C. The van der Waals surface area contributed by atoms with Gasteiger partial charge in [-0.05, 0) is 42.9 Å². The third-order valence-electron chi connectivity index (χ3n) is 4.74. The monoisotopic (exact) mass is 194 g/mol. The fourth-order valence-corrected chi connectivity index (χ4v) is 4.07. The molecule has 0 saturated heterocycles. The number of carbonyl (C=O) groups is 1. The van der Waals surface area contributed by atoms with Crippen LogP contribution < -0.4 is 0 Å². The zero-order valence-electron chi connectivity index (χ0n) is 9.68. The molecule has 0 aromatic rings. The molecule has 1 nitrogen and oxygen atoms in total. The van der Waals surface area contributed by atoms with Crippen LogP contribution in [0.25, 0.3) is 0 Å². The molecule has 3 atom stereocenters. The van der Waals surface area contributed by atoms with Crippen LogP contribution in [0.2, 0.25) is 0 Å². The molecule has 0 heterocycles. The van der Waals surface area contributed by atoms with Crippen LogP contribution in [-0.4, -0.2) is 5.78 Å². The standard InChI is InChI=1S/C13H22O/c1-9(2)10-6-7-11-12(14)5-4-8-13(10,11)3/h9-11H,4-8H2,1-3H3/t10?,11-,13+/m0/s1. The van der Waals surface area contributed by atoms with Gasteiger partial charge in [-0.2, -0.15) is 0 Å². The third kappa shape index (κ3) is 1.32. The fraction of sp³-hybridized carbons (Fsp3) is 0.923. The summed E-state index contributed by atoms with van der Waals surface area (Å²) in [5.41, 5.74) is 0.351. The maximum absolute atomic E-state index is 11.8. The summed E-state index contributed by atoms with van der Waals surface area (Å²) in [4.78, 5) is 11.8. The predicted octanol–water partition coefficient (Wildman–Crippen LogP) is 3.43. The Kier molecular flexibility index (Phi) is 2.45. The van der Waals surface area contributed by atoms with Gasteiger partial charge in [0.05, 0.1) is 0 Å². The zero-order chi connectivity index (χ0) is 10.3. The number of ketones is 1. The van der Waals surface area contributed by atoms with E-state index in [1.54, 1.807) is 0 Å². The van der Waals surface area contributed by atoms with Crippen molar-refractivity contribution in [2.45, 2.75) is 52.9 Å². The summed E-state index contributed by atoms with van der Waals surface area (Å²) in [6.07, 6.45) is 5.72. The Morgan fingerprint density at radius 1 is 1.36 bits per heavy atom. The van der Waals surface area contributed by atoms with Gasteiger partial charge in [-0.3, -0.25) is 4.79 Å². The smallest absolute Gasteiger partial charge is 0.136 e. The van der Waals surface area contributed by atoms with Crippen molar-refractivity contribution in [2.24, 2.45) is 23.2 Å². The van der Waals surface area contributed by atoms with E-state index in [9.17, 15) is 4.79 Å². The van der Waals surface area contributed by atoms with Gasteiger partial charge >= 0.3 is 0 Å². The highest BCUT2D eigenvalue weighted by Gasteiger charge is 2.51. The topological polar surface area (TPSA) is 17.1 Å². The van der Waals surface area contributed by atoms with Gasteiger partial charge in [0.1, 0.15) is 5.78 Å². The minimum absolute atomic E-state index is 0.351. The summed E-state index contributed by atoms with van der Waals surface area (Å²) in [7, 11) is 0. The largest absolute Gasteiger partial charge is 0.299 e. The van der Waals surface area contributed by atoms with E-state index in [0.29, 0.717) is 17.1 Å². The van der Waals surface area contributed by atoms with Gasteiger partial charge in [-0.15, -0.1) is 0 Å². The Morgan fingerprint density at radius 2 is 2.07 bits per heavy atom. The van der Waals surface area contributed by atoms with Crippen LogP contribution in [0, 0.1) is 23.2 Å². The molecule has 0 aliphatic heterocycles. The highest BCUT2D eigenvalue weighted by molar-refractivity contribution is 5.83. The second-order valence-electron chi connectivity index (χ2n) is 5.81. The summed E-state index contributed by atoms with van der Waals surface area (Å²) in [5.74, 6) is 2.50. The Hall–Kier alpha value is -0.330. The fourth-order valence-electron chi connectivity index (χ4n) is 4.07. The highest BCUT2D eigenvalue weighted by atomic mass is 16.1. The van der Waals surface area contributed by atoms with Crippen LogP contribution in [0.5, 0.6) is 0 Å². The van der Waals surface area contributed by atoms with Gasteiger partial charge in [0.15, 0.2) is 0 Å². The molecule has 2 aliphatic rings. The molecule has 0 radical (unpaired) electrons. The second kappa shape index (κ2) is 3.36. The molecule has 2 fully saturated rings. The average Bonchev–Trinajstić information content (AvgIpc) is 2.43. The lowest BCUT2D eigenvalue weighted by atomic mass is 9.62. The van der Waals surface area contributed by atoms with Gasteiger partial charge < -0.3 is 0 Å². The Balaban J connectivity index is 2.24. The van der Waals surface area contributed by atoms with Crippen molar-refractivity contribution in [3.63, 3.8) is 0 Å². The molecule has 2 rings (SSSR count). The second-order valence-corrected chi connectivity index (χ2v) is 5.81. The van der Waals surface area contributed by atoms with Gasteiger partial charge in [-0.1, -0.05) is 20.8 Å². The number of carbonyl (C=O) groups excluding carboxylic acids is 1. The van der Waals surface area contributed by atoms with Crippen molar-refractivity contribution in [1.29, 1.82) is 0 Å². The number of hydrogen-bond acceptors (Lipinski definition) is 1. The van der Waals surface area contributed by atoms with Crippen molar-refractivity contribution >= 4 is 5.78 Å². The predicted molar refractivity (Wildman–Crippen MR) is 58.0 cm³/mol. The minimum Gasteiger partial charge on any atom is -0.299 e. The van der Waals surface area contributed by atoms with Crippen LogP contribution in [0.4, 0.5) is 0 Å². The molecule has 0 spiro atoms. The lowest BCUT2D eigenvalue weighted by molar-refractivity contribution is -0.130. The summed E-state index contributed by atoms with van der Waals surface area (Å²) in [6, 6.07) is 0. The van der Waals surface area contributed by atoms with Crippen LogP contribution >= 0.6 is 0 Å². The van der Waals surface area contributed by atoms with Gasteiger partial charge in [0.25, 0.3) is 0 Å². The Bertz CT molecular complexity index is 244. The normalized spacial score (nSPS) is 43.0. The number of hydrogen-bond donors (Lipinski definition) is 0. The summed E-state index contributed by atoms with van der Waals surface area (Å²) in [5, 5.41) is 0. The van der Waals surface area contributed by atoms with Gasteiger partial charge in [-0.25, -0.2) is 0 Å². The van der Waals surface area contributed by atoms with Gasteiger partial charge in [0.2, 0.25) is 0 Å². The lowest BCUT2D eigenvalue weighted by Gasteiger charge is -2.41. The molecule has 1 unspecified atom stereocenters. The van der Waals surface area contributed by atoms with E-state index in [1.165, 1.54) is 12.8 Å². The molecule has 0 amide bonds. The van der Waals surface area contributed by atoms with Crippen molar-refractivity contribution in [3.05, 3.63) is 0 Å². The van der Waals surface area contributed by atoms with E-state index in [2.05, 4.69) is 20.8 Å². The van der Waals surface area contributed by atoms with Crippen LogP contribution in [0.3, 0.4) is 0 Å². The molecule has 0 aromatic heterocycles. The van der Waals surface area contributed by atoms with Crippen molar-refractivity contribution < 1.29 is 4.79 Å². The number of fused-ring (bicyclic) bond motifs is 1. The van der Waals surface area contributed by atoms with Crippen LogP contribution in [0.1, 0.15) is 52.9 Å². The first-order valence-electron chi connectivity index (χ1n) is 6.08.